The molecule has 0 aromatic heterocycles. The van der Waals surface area contributed by atoms with Gasteiger partial charge < -0.3 is 14.4 Å². The maximum absolute atomic E-state index is 13.6. The third-order valence-corrected chi connectivity index (χ3v) is 6.52. The largest absolute Gasteiger partial charge is 0.465 e. The van der Waals surface area contributed by atoms with E-state index in [1.807, 2.05) is 0 Å². The molecule has 1 saturated heterocycles. The SMILES string of the molecule is CCOC(=O)C(C(=O)OCC)C1C(=O)N(C2CCCCC2)C(=O)N1C1CCCCC1. The average molecular weight is 423 g/mol. The minimum absolute atomic E-state index is 0.0827. The van der Waals surface area contributed by atoms with Gasteiger partial charge in [-0.1, -0.05) is 38.5 Å². The molecule has 2 aliphatic carbocycles. The number of imide groups is 1. The third kappa shape index (κ3) is 4.47. The minimum atomic E-state index is -1.45. The quantitative estimate of drug-likeness (QED) is 0.356. The second-order valence-electron chi connectivity index (χ2n) is 8.41. The first-order valence-electron chi connectivity index (χ1n) is 11.5. The van der Waals surface area contributed by atoms with E-state index in [1.54, 1.807) is 13.8 Å². The van der Waals surface area contributed by atoms with E-state index in [1.165, 1.54) is 9.80 Å². The van der Waals surface area contributed by atoms with Gasteiger partial charge in [-0.2, -0.15) is 0 Å². The third-order valence-electron chi connectivity index (χ3n) is 6.52. The van der Waals surface area contributed by atoms with Gasteiger partial charge in [-0.3, -0.25) is 19.3 Å². The van der Waals surface area contributed by atoms with Crippen LogP contribution in [0, 0.1) is 5.92 Å². The normalized spacial score (nSPS) is 23.9. The van der Waals surface area contributed by atoms with Crippen molar-refractivity contribution in [3.8, 4) is 0 Å². The molecule has 1 heterocycles. The Morgan fingerprint density at radius 2 is 1.30 bits per heavy atom. The molecule has 8 nitrogen and oxygen atoms in total. The van der Waals surface area contributed by atoms with Gasteiger partial charge in [0.25, 0.3) is 5.91 Å². The van der Waals surface area contributed by atoms with E-state index in [-0.39, 0.29) is 31.3 Å². The molecular formula is C22H34N2O6. The molecule has 1 atom stereocenters. The Hall–Kier alpha value is -2.12. The summed E-state index contributed by atoms with van der Waals surface area (Å²) >= 11 is 0. The van der Waals surface area contributed by atoms with Crippen LogP contribution in [0.25, 0.3) is 0 Å². The fraction of sp³-hybridized carbons (Fsp3) is 0.818. The first-order chi connectivity index (χ1) is 14.5. The molecule has 30 heavy (non-hydrogen) atoms. The van der Waals surface area contributed by atoms with Crippen molar-refractivity contribution in [2.24, 2.45) is 5.92 Å². The summed E-state index contributed by atoms with van der Waals surface area (Å²) in [5, 5.41) is 0. The lowest BCUT2D eigenvalue weighted by Gasteiger charge is -2.35. The monoisotopic (exact) mass is 422 g/mol. The summed E-state index contributed by atoms with van der Waals surface area (Å²) < 4.78 is 10.3. The summed E-state index contributed by atoms with van der Waals surface area (Å²) in [6.07, 6.45) is 9.12. The van der Waals surface area contributed by atoms with Crippen LogP contribution >= 0.6 is 0 Å². The van der Waals surface area contributed by atoms with Crippen LogP contribution in [0.1, 0.15) is 78.1 Å². The molecule has 3 amide bonds. The van der Waals surface area contributed by atoms with Crippen LogP contribution < -0.4 is 0 Å². The zero-order chi connectivity index (χ0) is 21.7. The van der Waals surface area contributed by atoms with Crippen LogP contribution in [0.3, 0.4) is 0 Å². The van der Waals surface area contributed by atoms with Gasteiger partial charge in [0.1, 0.15) is 6.04 Å². The van der Waals surface area contributed by atoms with Gasteiger partial charge in [0, 0.05) is 12.1 Å². The number of esters is 2. The fourth-order valence-electron chi connectivity index (χ4n) is 5.14. The number of ether oxygens (including phenoxy) is 2. The van der Waals surface area contributed by atoms with E-state index >= 15 is 0 Å². The Balaban J connectivity index is 1.98. The van der Waals surface area contributed by atoms with Crippen LogP contribution in [0.15, 0.2) is 0 Å². The maximum Gasteiger partial charge on any atom is 0.328 e. The molecule has 0 bridgehead atoms. The number of amides is 3. The Morgan fingerprint density at radius 3 is 1.77 bits per heavy atom. The van der Waals surface area contributed by atoms with Crippen LogP contribution in [0.4, 0.5) is 4.79 Å². The molecule has 0 spiro atoms. The van der Waals surface area contributed by atoms with E-state index in [0.29, 0.717) is 0 Å². The van der Waals surface area contributed by atoms with Crippen molar-refractivity contribution in [3.63, 3.8) is 0 Å². The van der Waals surface area contributed by atoms with Gasteiger partial charge in [0.2, 0.25) is 0 Å². The van der Waals surface area contributed by atoms with Crippen LogP contribution in [-0.4, -0.2) is 65.0 Å². The van der Waals surface area contributed by atoms with Crippen molar-refractivity contribution in [3.05, 3.63) is 0 Å². The second kappa shape index (κ2) is 10.3. The van der Waals surface area contributed by atoms with Gasteiger partial charge in [0.15, 0.2) is 5.92 Å². The molecule has 8 heteroatoms. The van der Waals surface area contributed by atoms with Crippen molar-refractivity contribution in [1.82, 2.24) is 9.80 Å². The van der Waals surface area contributed by atoms with Crippen molar-refractivity contribution in [2.75, 3.05) is 13.2 Å². The number of rotatable bonds is 7. The summed E-state index contributed by atoms with van der Waals surface area (Å²) in [6.45, 7) is 3.46. The topological polar surface area (TPSA) is 93.2 Å². The predicted molar refractivity (Wildman–Crippen MR) is 108 cm³/mol. The first-order valence-corrected chi connectivity index (χ1v) is 11.5. The molecule has 168 valence electrons. The summed E-state index contributed by atoms with van der Waals surface area (Å²) in [5.74, 6) is -3.50. The summed E-state index contributed by atoms with van der Waals surface area (Å²) in [4.78, 5) is 55.5. The highest BCUT2D eigenvalue weighted by Crippen LogP contribution is 2.36. The van der Waals surface area contributed by atoms with E-state index in [0.717, 1.165) is 64.2 Å². The number of carbonyl (C=O) groups is 4. The molecule has 2 saturated carbocycles. The lowest BCUT2D eigenvalue weighted by molar-refractivity contribution is -0.166. The van der Waals surface area contributed by atoms with Crippen molar-refractivity contribution >= 4 is 23.9 Å². The highest BCUT2D eigenvalue weighted by molar-refractivity contribution is 6.10. The van der Waals surface area contributed by atoms with Gasteiger partial charge in [-0.15, -0.1) is 0 Å². The molecule has 0 aromatic carbocycles. The van der Waals surface area contributed by atoms with Gasteiger partial charge >= 0.3 is 18.0 Å². The van der Waals surface area contributed by atoms with E-state index < -0.39 is 29.8 Å². The van der Waals surface area contributed by atoms with Crippen molar-refractivity contribution < 1.29 is 28.7 Å². The predicted octanol–water partition coefficient (Wildman–Crippen LogP) is 3.03. The van der Waals surface area contributed by atoms with E-state index in [4.69, 9.17) is 9.47 Å². The number of nitrogens with zero attached hydrogens (tertiary/aromatic N) is 2. The Morgan fingerprint density at radius 1 is 0.833 bits per heavy atom. The van der Waals surface area contributed by atoms with Gasteiger partial charge in [-0.05, 0) is 39.5 Å². The molecule has 0 N–H and O–H groups in total. The molecule has 3 rings (SSSR count). The van der Waals surface area contributed by atoms with Crippen molar-refractivity contribution in [2.45, 2.75) is 96.2 Å². The number of carbonyl (C=O) groups excluding carboxylic acids is 4. The Bertz CT molecular complexity index is 636. The Labute approximate surface area is 178 Å². The molecule has 0 aromatic rings. The van der Waals surface area contributed by atoms with Gasteiger partial charge in [-0.25, -0.2) is 4.79 Å². The van der Waals surface area contributed by atoms with Crippen LogP contribution in [-0.2, 0) is 23.9 Å². The van der Waals surface area contributed by atoms with Crippen LogP contribution in [0.2, 0.25) is 0 Å². The summed E-state index contributed by atoms with van der Waals surface area (Å²) in [5.41, 5.74) is 0. The van der Waals surface area contributed by atoms with Gasteiger partial charge in [0.05, 0.1) is 13.2 Å². The standard InChI is InChI=1S/C22H34N2O6/c1-3-29-20(26)17(21(27)30-4-2)18-19(25)24(16-13-9-6-10-14-16)22(28)23(18)15-11-7-5-8-12-15/h15-18H,3-14H2,1-2H3. The fourth-order valence-corrected chi connectivity index (χ4v) is 5.14. The Kier molecular flexibility index (Phi) is 7.72. The molecule has 1 unspecified atom stereocenters. The van der Waals surface area contributed by atoms with Crippen molar-refractivity contribution in [1.29, 1.82) is 0 Å². The number of hydrogen-bond acceptors (Lipinski definition) is 6. The van der Waals surface area contributed by atoms with E-state index in [9.17, 15) is 19.2 Å². The zero-order valence-electron chi connectivity index (χ0n) is 18.1. The molecule has 3 fully saturated rings. The minimum Gasteiger partial charge on any atom is -0.465 e. The lowest BCUT2D eigenvalue weighted by atomic mass is 9.90. The first kappa shape index (κ1) is 22.6. The summed E-state index contributed by atoms with van der Waals surface area (Å²) in [7, 11) is 0. The van der Waals surface area contributed by atoms with Crippen LogP contribution in [0.5, 0.6) is 0 Å². The summed E-state index contributed by atoms with van der Waals surface area (Å²) in [6, 6.07) is -1.86. The molecule has 0 radical (unpaired) electrons. The number of hydrogen-bond donors (Lipinski definition) is 0. The lowest BCUT2D eigenvalue weighted by Crippen LogP contribution is -2.52. The molecular weight excluding hydrogens is 388 g/mol. The maximum atomic E-state index is 13.6. The highest BCUT2D eigenvalue weighted by Gasteiger charge is 2.57. The smallest absolute Gasteiger partial charge is 0.328 e. The zero-order valence-corrected chi connectivity index (χ0v) is 18.1. The average Bonchev–Trinajstić information content (AvgIpc) is 3.00. The van der Waals surface area contributed by atoms with E-state index in [2.05, 4.69) is 0 Å². The second-order valence-corrected chi connectivity index (χ2v) is 8.41. The molecule has 3 aliphatic rings. The molecule has 1 aliphatic heterocycles. The number of urea groups is 1. The highest BCUT2D eigenvalue weighted by atomic mass is 16.6.